The minimum absolute atomic E-state index is 0.318. The van der Waals surface area contributed by atoms with Crippen molar-refractivity contribution in [3.63, 3.8) is 0 Å². The van der Waals surface area contributed by atoms with E-state index in [0.717, 1.165) is 43.6 Å². The third-order valence-corrected chi connectivity index (χ3v) is 5.18. The van der Waals surface area contributed by atoms with Crippen LogP contribution in [-0.2, 0) is 6.42 Å². The largest absolute Gasteiger partial charge is 0.338 e. The first-order valence-electron chi connectivity index (χ1n) is 9.50. The highest BCUT2D eigenvalue weighted by Crippen LogP contribution is 2.20. The van der Waals surface area contributed by atoms with Gasteiger partial charge in [-0.05, 0) is 56.5 Å². The molecule has 0 aliphatic carbocycles. The van der Waals surface area contributed by atoms with Gasteiger partial charge in [0.05, 0.1) is 0 Å². The van der Waals surface area contributed by atoms with Crippen molar-refractivity contribution >= 4 is 5.91 Å². The molecule has 1 fully saturated rings. The Kier molecular flexibility index (Phi) is 6.56. The van der Waals surface area contributed by atoms with Crippen LogP contribution in [0.5, 0.6) is 0 Å². The fourth-order valence-electron chi connectivity index (χ4n) is 3.78. The minimum atomic E-state index is -0.800. The molecule has 0 N–H and O–H groups in total. The summed E-state index contributed by atoms with van der Waals surface area (Å²) in [6, 6.07) is 13.4. The number of nitrogens with zero attached hydrogens (tertiary/aromatic N) is 2. The lowest BCUT2D eigenvalue weighted by Gasteiger charge is -2.34. The standard InChI is InChI=1S/C22H26F2N2O/c1-25-13-6-9-18(15-25)16-26(14-12-17-7-3-2-4-8-17)22(27)21-19(23)10-5-11-20(21)24/h2-5,7-8,10-11,18H,6,9,12-16H2,1H3/t18-/m1/s1. The van der Waals surface area contributed by atoms with Gasteiger partial charge >= 0.3 is 0 Å². The minimum Gasteiger partial charge on any atom is -0.338 e. The molecule has 5 heteroatoms. The van der Waals surface area contributed by atoms with Crippen LogP contribution in [0.1, 0.15) is 28.8 Å². The molecule has 3 nitrogen and oxygen atoms in total. The Labute approximate surface area is 159 Å². The Morgan fingerprint density at radius 1 is 1.11 bits per heavy atom. The van der Waals surface area contributed by atoms with Gasteiger partial charge in [-0.3, -0.25) is 4.79 Å². The maximum Gasteiger partial charge on any atom is 0.259 e. The zero-order valence-electron chi connectivity index (χ0n) is 15.7. The molecule has 0 bridgehead atoms. The number of piperidine rings is 1. The molecular weight excluding hydrogens is 346 g/mol. The highest BCUT2D eigenvalue weighted by Gasteiger charge is 2.27. The van der Waals surface area contributed by atoms with Gasteiger partial charge in [0.1, 0.15) is 17.2 Å². The van der Waals surface area contributed by atoms with E-state index in [9.17, 15) is 13.6 Å². The van der Waals surface area contributed by atoms with Crippen LogP contribution in [0, 0.1) is 17.6 Å². The Morgan fingerprint density at radius 2 is 1.81 bits per heavy atom. The molecule has 3 rings (SSSR count). The van der Waals surface area contributed by atoms with Crippen molar-refractivity contribution < 1.29 is 13.6 Å². The van der Waals surface area contributed by atoms with Gasteiger partial charge in [-0.25, -0.2) is 8.78 Å². The van der Waals surface area contributed by atoms with E-state index in [0.29, 0.717) is 25.4 Å². The zero-order chi connectivity index (χ0) is 19.2. The van der Waals surface area contributed by atoms with E-state index in [4.69, 9.17) is 0 Å². The van der Waals surface area contributed by atoms with Crippen molar-refractivity contribution in [2.45, 2.75) is 19.3 Å². The molecule has 1 aliphatic heterocycles. The number of halogens is 2. The van der Waals surface area contributed by atoms with Gasteiger partial charge in [0.2, 0.25) is 0 Å². The van der Waals surface area contributed by atoms with Gasteiger partial charge in [0.15, 0.2) is 0 Å². The smallest absolute Gasteiger partial charge is 0.259 e. The summed E-state index contributed by atoms with van der Waals surface area (Å²) in [5, 5.41) is 0. The normalized spacial score (nSPS) is 17.7. The molecule has 1 saturated heterocycles. The van der Waals surface area contributed by atoms with E-state index >= 15 is 0 Å². The first kappa shape index (κ1) is 19.5. The van der Waals surface area contributed by atoms with Crippen molar-refractivity contribution in [1.29, 1.82) is 0 Å². The molecule has 0 saturated carbocycles. The maximum absolute atomic E-state index is 14.2. The quantitative estimate of drug-likeness (QED) is 0.765. The lowest BCUT2D eigenvalue weighted by molar-refractivity contribution is 0.0683. The second kappa shape index (κ2) is 9.09. The summed E-state index contributed by atoms with van der Waals surface area (Å²) in [4.78, 5) is 16.9. The number of benzene rings is 2. The number of carbonyl (C=O) groups excluding carboxylic acids is 1. The van der Waals surface area contributed by atoms with Gasteiger partial charge < -0.3 is 9.80 Å². The monoisotopic (exact) mass is 372 g/mol. The van der Waals surface area contributed by atoms with E-state index in [1.54, 1.807) is 4.90 Å². The molecule has 144 valence electrons. The summed E-state index contributed by atoms with van der Waals surface area (Å²) >= 11 is 0. The van der Waals surface area contributed by atoms with Crippen molar-refractivity contribution in [2.24, 2.45) is 5.92 Å². The lowest BCUT2D eigenvalue weighted by Crippen LogP contribution is -2.43. The van der Waals surface area contributed by atoms with Gasteiger partial charge in [-0.15, -0.1) is 0 Å². The van der Waals surface area contributed by atoms with Crippen LogP contribution >= 0.6 is 0 Å². The maximum atomic E-state index is 14.2. The summed E-state index contributed by atoms with van der Waals surface area (Å²) in [5.74, 6) is -1.84. The summed E-state index contributed by atoms with van der Waals surface area (Å²) in [6.07, 6.45) is 2.76. The molecule has 0 aromatic heterocycles. The Bertz CT molecular complexity index is 746. The fourth-order valence-corrected chi connectivity index (χ4v) is 3.78. The molecule has 1 atom stereocenters. The predicted molar refractivity (Wildman–Crippen MR) is 103 cm³/mol. The molecule has 27 heavy (non-hydrogen) atoms. The van der Waals surface area contributed by atoms with Crippen molar-refractivity contribution in [3.8, 4) is 0 Å². The van der Waals surface area contributed by atoms with E-state index in [2.05, 4.69) is 11.9 Å². The summed E-state index contributed by atoms with van der Waals surface area (Å²) in [6.45, 7) is 2.91. The van der Waals surface area contributed by atoms with E-state index < -0.39 is 23.1 Å². The van der Waals surface area contributed by atoms with Crippen LogP contribution < -0.4 is 0 Å². The Hall–Kier alpha value is -2.27. The van der Waals surface area contributed by atoms with Crippen molar-refractivity contribution in [1.82, 2.24) is 9.80 Å². The Morgan fingerprint density at radius 3 is 2.48 bits per heavy atom. The van der Waals surface area contributed by atoms with Crippen LogP contribution in [0.4, 0.5) is 8.78 Å². The third-order valence-electron chi connectivity index (χ3n) is 5.18. The molecule has 1 heterocycles. The number of rotatable bonds is 6. The highest BCUT2D eigenvalue weighted by atomic mass is 19.1. The fraction of sp³-hybridized carbons (Fsp3) is 0.409. The van der Waals surface area contributed by atoms with Gasteiger partial charge in [-0.1, -0.05) is 36.4 Å². The summed E-state index contributed by atoms with van der Waals surface area (Å²) < 4.78 is 28.3. The molecule has 0 unspecified atom stereocenters. The molecule has 1 amide bonds. The molecule has 0 radical (unpaired) electrons. The molecule has 1 aliphatic rings. The second-order valence-electron chi connectivity index (χ2n) is 7.35. The first-order valence-corrected chi connectivity index (χ1v) is 9.50. The zero-order valence-corrected chi connectivity index (χ0v) is 15.7. The Balaban J connectivity index is 1.78. The molecule has 0 spiro atoms. The van der Waals surface area contributed by atoms with Gasteiger partial charge in [-0.2, -0.15) is 0 Å². The van der Waals surface area contributed by atoms with Gasteiger partial charge in [0, 0.05) is 19.6 Å². The first-order chi connectivity index (χ1) is 13.0. The molecule has 2 aromatic carbocycles. The van der Waals surface area contributed by atoms with Gasteiger partial charge in [0.25, 0.3) is 5.91 Å². The average molecular weight is 372 g/mol. The number of likely N-dealkylation sites (tertiary alicyclic amines) is 1. The lowest BCUT2D eigenvalue weighted by atomic mass is 9.97. The number of carbonyl (C=O) groups is 1. The third kappa shape index (κ3) is 5.13. The number of hydrogen-bond donors (Lipinski definition) is 0. The highest BCUT2D eigenvalue weighted by molar-refractivity contribution is 5.94. The van der Waals surface area contributed by atoms with Crippen LogP contribution in [0.2, 0.25) is 0 Å². The topological polar surface area (TPSA) is 23.6 Å². The summed E-state index contributed by atoms with van der Waals surface area (Å²) in [5.41, 5.74) is 0.653. The second-order valence-corrected chi connectivity index (χ2v) is 7.35. The van der Waals surface area contributed by atoms with E-state index in [1.807, 2.05) is 30.3 Å². The van der Waals surface area contributed by atoms with Crippen LogP contribution in [0.25, 0.3) is 0 Å². The van der Waals surface area contributed by atoms with E-state index in [1.165, 1.54) is 6.07 Å². The average Bonchev–Trinajstić information content (AvgIpc) is 2.65. The van der Waals surface area contributed by atoms with Crippen LogP contribution in [-0.4, -0.2) is 48.9 Å². The SMILES string of the molecule is CN1CCC[C@@H](CN(CCc2ccccc2)C(=O)c2c(F)cccc2F)C1. The predicted octanol–water partition coefficient (Wildman–Crippen LogP) is 3.99. The molecular formula is C22H26F2N2O. The van der Waals surface area contributed by atoms with Crippen LogP contribution in [0.15, 0.2) is 48.5 Å². The van der Waals surface area contributed by atoms with Crippen LogP contribution in [0.3, 0.4) is 0 Å². The summed E-state index contributed by atoms with van der Waals surface area (Å²) in [7, 11) is 2.07. The van der Waals surface area contributed by atoms with Crippen molar-refractivity contribution in [2.75, 3.05) is 33.2 Å². The number of hydrogen-bond acceptors (Lipinski definition) is 2. The molecule has 2 aromatic rings. The van der Waals surface area contributed by atoms with Crippen molar-refractivity contribution in [3.05, 3.63) is 71.3 Å². The number of amides is 1. The van der Waals surface area contributed by atoms with E-state index in [-0.39, 0.29) is 0 Å².